The van der Waals surface area contributed by atoms with Crippen molar-refractivity contribution in [3.63, 3.8) is 0 Å². The number of nitrogens with zero attached hydrogens (tertiary/aromatic N) is 1. The molecule has 0 spiro atoms. The highest BCUT2D eigenvalue weighted by Gasteiger charge is 2.59. The summed E-state index contributed by atoms with van der Waals surface area (Å²) in [6.45, 7) is 4.66. The maximum absolute atomic E-state index is 11.7. The largest absolute Gasteiger partial charge is 0.271 e. The van der Waals surface area contributed by atoms with Crippen molar-refractivity contribution in [3.05, 3.63) is 4.91 Å². The van der Waals surface area contributed by atoms with Gasteiger partial charge < -0.3 is 0 Å². The molecule has 0 aromatic rings. The fourth-order valence-electron chi connectivity index (χ4n) is 1.37. The van der Waals surface area contributed by atoms with Crippen LogP contribution in [0.15, 0.2) is 5.29 Å². The van der Waals surface area contributed by atoms with Gasteiger partial charge in [0.2, 0.25) is 10.0 Å². The third-order valence-corrected chi connectivity index (χ3v) is 4.53. The maximum atomic E-state index is 11.7. The van der Waals surface area contributed by atoms with E-state index in [0.29, 0.717) is 6.42 Å². The molecule has 16 heavy (non-hydrogen) atoms. The topological polar surface area (TPSA) is 105 Å². The fraction of sp³-hybridized carbons (Fsp3) is 0.875. The Balaban J connectivity index is 2.77. The van der Waals surface area contributed by atoms with E-state index < -0.39 is 26.7 Å². The van der Waals surface area contributed by atoms with Crippen LogP contribution < -0.4 is 10.1 Å². The second-order valence-corrected chi connectivity index (χ2v) is 6.54. The normalized spacial score (nSPS) is 28.6. The molecule has 2 N–H and O–H groups in total. The summed E-state index contributed by atoms with van der Waals surface area (Å²) in [5.41, 5.74) is 0.988. The van der Waals surface area contributed by atoms with Gasteiger partial charge in [-0.25, -0.2) is 8.42 Å². The van der Waals surface area contributed by atoms with Gasteiger partial charge in [-0.15, -0.1) is 4.91 Å². The molecule has 1 aliphatic rings. The molecule has 0 radical (unpaired) electrons. The molecule has 0 saturated heterocycles. The molecule has 1 fully saturated rings. The first-order chi connectivity index (χ1) is 7.26. The zero-order chi connectivity index (χ0) is 12.6. The van der Waals surface area contributed by atoms with Crippen molar-refractivity contribution in [1.82, 2.24) is 10.1 Å². The van der Waals surface area contributed by atoms with E-state index in [1.165, 1.54) is 13.8 Å². The number of nitrogens with one attached hydrogen (secondary N) is 2. The minimum Gasteiger partial charge on any atom is -0.271 e. The van der Waals surface area contributed by atoms with Crippen molar-refractivity contribution in [2.24, 2.45) is 11.2 Å². The van der Waals surface area contributed by atoms with E-state index in [1.54, 1.807) is 6.92 Å². The third-order valence-electron chi connectivity index (χ3n) is 2.82. The minimum absolute atomic E-state index is 0.104. The van der Waals surface area contributed by atoms with Gasteiger partial charge in [0.1, 0.15) is 5.54 Å². The zero-order valence-electron chi connectivity index (χ0n) is 9.35. The van der Waals surface area contributed by atoms with Crippen LogP contribution in [0.25, 0.3) is 0 Å². The summed E-state index contributed by atoms with van der Waals surface area (Å²) in [5.74, 6) is -0.819. The summed E-state index contributed by atoms with van der Waals surface area (Å²) in [7, 11) is -3.67. The molecule has 0 aromatic carbocycles. The predicted molar refractivity (Wildman–Crippen MR) is 57.6 cm³/mol. The van der Waals surface area contributed by atoms with Crippen LogP contribution >= 0.6 is 0 Å². The van der Waals surface area contributed by atoms with Crippen molar-refractivity contribution in [2.75, 3.05) is 0 Å². The number of carbonyl (C=O) groups is 1. The first-order valence-corrected chi connectivity index (χ1v) is 6.46. The average Bonchev–Trinajstić information content (AvgIpc) is 2.77. The molecule has 92 valence electrons. The van der Waals surface area contributed by atoms with Crippen molar-refractivity contribution >= 4 is 15.9 Å². The molecule has 0 aromatic heterocycles. The van der Waals surface area contributed by atoms with Crippen molar-refractivity contribution in [2.45, 2.75) is 38.0 Å². The second-order valence-electron chi connectivity index (χ2n) is 4.30. The molecule has 7 nitrogen and oxygen atoms in total. The highest BCUT2D eigenvalue weighted by Crippen LogP contribution is 2.43. The summed E-state index contributed by atoms with van der Waals surface area (Å²) < 4.78 is 24.9. The number of hydrogen-bond donors (Lipinski definition) is 2. The Labute approximate surface area is 94.0 Å². The number of amides is 1. The van der Waals surface area contributed by atoms with Gasteiger partial charge in [0.25, 0.3) is 5.91 Å². The van der Waals surface area contributed by atoms with Crippen LogP contribution in [-0.4, -0.2) is 25.1 Å². The Morgan fingerprint density at radius 1 is 1.50 bits per heavy atom. The Hall–Kier alpha value is -1.18. The first kappa shape index (κ1) is 12.9. The van der Waals surface area contributed by atoms with Crippen molar-refractivity contribution in [1.29, 1.82) is 0 Å². The predicted octanol–water partition coefficient (Wildman–Crippen LogP) is -0.110. The van der Waals surface area contributed by atoms with Crippen LogP contribution in [0.4, 0.5) is 0 Å². The van der Waals surface area contributed by atoms with Crippen LogP contribution in [0, 0.1) is 10.8 Å². The summed E-state index contributed by atoms with van der Waals surface area (Å²) in [6.07, 6.45) is 0.401. The van der Waals surface area contributed by atoms with Crippen LogP contribution in [-0.2, 0) is 14.8 Å². The van der Waals surface area contributed by atoms with Crippen LogP contribution in [0.2, 0.25) is 0 Å². The molecule has 2 unspecified atom stereocenters. The van der Waals surface area contributed by atoms with E-state index in [-0.39, 0.29) is 5.92 Å². The van der Waals surface area contributed by atoms with Gasteiger partial charge in [-0.2, -0.15) is 0 Å². The van der Waals surface area contributed by atoms with Crippen LogP contribution in [0.5, 0.6) is 0 Å². The van der Waals surface area contributed by atoms with Crippen LogP contribution in [0.1, 0.15) is 27.2 Å². The summed E-state index contributed by atoms with van der Waals surface area (Å²) in [5, 5.41) is 1.76. The Kier molecular flexibility index (Phi) is 3.22. The van der Waals surface area contributed by atoms with Crippen LogP contribution in [0.3, 0.4) is 0 Å². The lowest BCUT2D eigenvalue weighted by Gasteiger charge is -2.15. The number of carbonyl (C=O) groups excluding carboxylic acids is 1. The average molecular weight is 249 g/mol. The van der Waals surface area contributed by atoms with Gasteiger partial charge in [-0.3, -0.25) is 14.9 Å². The molecule has 0 heterocycles. The lowest BCUT2D eigenvalue weighted by atomic mass is 10.2. The van der Waals surface area contributed by atoms with E-state index in [9.17, 15) is 18.1 Å². The smallest absolute Gasteiger partial charge is 0.261 e. The quantitative estimate of drug-likeness (QED) is 0.522. The summed E-state index contributed by atoms with van der Waals surface area (Å²) >= 11 is 0. The SMILES string of the molecule is CC1CC1(NN=O)C(=O)NS(=O)(=O)C(C)C. The number of sulfonamides is 1. The van der Waals surface area contributed by atoms with Gasteiger partial charge >= 0.3 is 0 Å². The second kappa shape index (κ2) is 4.00. The lowest BCUT2D eigenvalue weighted by molar-refractivity contribution is -0.122. The van der Waals surface area contributed by atoms with Crippen molar-refractivity contribution < 1.29 is 13.2 Å². The monoisotopic (exact) mass is 249 g/mol. The van der Waals surface area contributed by atoms with Gasteiger partial charge in [0, 0.05) is 0 Å². The Bertz CT molecular complexity index is 406. The Morgan fingerprint density at radius 2 is 2.00 bits per heavy atom. The van der Waals surface area contributed by atoms with Gasteiger partial charge in [-0.1, -0.05) is 6.92 Å². The molecule has 0 aliphatic heterocycles. The standard InChI is InChI=1S/C8H15N3O4S/c1-5(2)16(14,15)9-7(12)8(10-11-13)4-6(8)3/h5-6H,4H2,1-3H3,(H,9,12)(H,10,13). The zero-order valence-corrected chi connectivity index (χ0v) is 10.2. The minimum atomic E-state index is -3.67. The fourth-order valence-corrected chi connectivity index (χ4v) is 2.04. The first-order valence-electron chi connectivity index (χ1n) is 4.92. The molecule has 8 heteroatoms. The number of nitroso groups, excluding NO2 is 1. The molecule has 0 bridgehead atoms. The number of hydrogen-bond acceptors (Lipinski definition) is 5. The van der Waals surface area contributed by atoms with Gasteiger partial charge in [0.05, 0.1) is 10.5 Å². The highest BCUT2D eigenvalue weighted by atomic mass is 32.2. The maximum Gasteiger partial charge on any atom is 0.261 e. The summed E-state index contributed by atoms with van der Waals surface area (Å²) in [4.78, 5) is 21.8. The summed E-state index contributed by atoms with van der Waals surface area (Å²) in [6, 6.07) is 0. The van der Waals surface area contributed by atoms with Crippen molar-refractivity contribution in [3.8, 4) is 0 Å². The van der Waals surface area contributed by atoms with Gasteiger partial charge in [-0.05, 0) is 26.2 Å². The third kappa shape index (κ3) is 2.16. The Morgan fingerprint density at radius 3 is 2.31 bits per heavy atom. The molecule has 1 rings (SSSR count). The van der Waals surface area contributed by atoms with E-state index in [4.69, 9.17) is 0 Å². The molecule has 1 saturated carbocycles. The molecular weight excluding hydrogens is 234 g/mol. The molecule has 2 atom stereocenters. The van der Waals surface area contributed by atoms with E-state index in [2.05, 4.69) is 10.7 Å². The van der Waals surface area contributed by atoms with Gasteiger partial charge in [0.15, 0.2) is 0 Å². The molecular formula is C8H15N3O4S. The molecule has 1 amide bonds. The lowest BCUT2D eigenvalue weighted by Crippen LogP contribution is -2.49. The highest BCUT2D eigenvalue weighted by molar-refractivity contribution is 7.90. The molecule has 1 aliphatic carbocycles. The van der Waals surface area contributed by atoms with E-state index >= 15 is 0 Å². The van der Waals surface area contributed by atoms with E-state index in [1.807, 2.05) is 4.72 Å². The van der Waals surface area contributed by atoms with E-state index in [0.717, 1.165) is 0 Å². The number of rotatable bonds is 5.